The van der Waals surface area contributed by atoms with E-state index >= 15 is 0 Å². The normalized spacial score (nSPS) is 51.0. The highest BCUT2D eigenvalue weighted by atomic mass is 16.2. The van der Waals surface area contributed by atoms with Crippen LogP contribution in [0.25, 0.3) is 0 Å². The largest absolute Gasteiger partial charge is 0.322 e. The zero-order valence-electron chi connectivity index (χ0n) is 13.8. The fourth-order valence-electron chi connectivity index (χ4n) is 6.92. The van der Waals surface area contributed by atoms with E-state index < -0.39 is 0 Å². The molecule has 0 aromatic carbocycles. The Labute approximate surface area is 138 Å². The van der Waals surface area contributed by atoms with E-state index in [2.05, 4.69) is 6.07 Å². The summed E-state index contributed by atoms with van der Waals surface area (Å²) in [4.78, 5) is 15.1. The fourth-order valence-corrected chi connectivity index (χ4v) is 6.92. The molecule has 23 heavy (non-hydrogen) atoms. The number of carbonyl (C=O) groups is 1. The molecular weight excluding hydrogens is 286 g/mol. The second kappa shape index (κ2) is 4.72. The van der Waals surface area contributed by atoms with Crippen LogP contribution in [-0.4, -0.2) is 28.9 Å². The van der Waals surface area contributed by atoms with Gasteiger partial charge in [-0.25, -0.2) is 0 Å². The van der Waals surface area contributed by atoms with E-state index in [1.807, 2.05) is 4.90 Å². The Balaban J connectivity index is 1.42. The monoisotopic (exact) mass is 313 g/mol. The first-order chi connectivity index (χ1) is 11.1. The highest BCUT2D eigenvalue weighted by molar-refractivity contribution is 5.84. The summed E-state index contributed by atoms with van der Waals surface area (Å²) >= 11 is 0. The van der Waals surface area contributed by atoms with E-state index in [9.17, 15) is 10.1 Å². The molecule has 4 heteroatoms. The molecule has 4 bridgehead atoms. The van der Waals surface area contributed by atoms with Gasteiger partial charge in [0.15, 0.2) is 0 Å². The summed E-state index contributed by atoms with van der Waals surface area (Å²) in [5.41, 5.74) is 6.69. The molecule has 4 unspecified atom stereocenters. The van der Waals surface area contributed by atoms with E-state index in [0.717, 1.165) is 49.9 Å². The molecule has 1 saturated heterocycles. The van der Waals surface area contributed by atoms with Gasteiger partial charge in [0.05, 0.1) is 12.1 Å². The van der Waals surface area contributed by atoms with Crippen LogP contribution < -0.4 is 5.73 Å². The molecule has 1 aliphatic heterocycles. The zero-order chi connectivity index (χ0) is 15.8. The summed E-state index contributed by atoms with van der Waals surface area (Å²) in [6, 6.07) is 2.08. The molecule has 6 rings (SSSR count). The number of carbonyl (C=O) groups excluding carboxylic acids is 1. The van der Waals surface area contributed by atoms with Crippen molar-refractivity contribution in [2.75, 3.05) is 0 Å². The van der Waals surface area contributed by atoms with Crippen molar-refractivity contribution in [1.82, 2.24) is 4.90 Å². The van der Waals surface area contributed by atoms with E-state index in [1.54, 1.807) is 0 Å². The number of nitrogens with two attached hydrogens (primary N) is 1. The van der Waals surface area contributed by atoms with Gasteiger partial charge in [-0.2, -0.15) is 5.26 Å². The van der Waals surface area contributed by atoms with Crippen LogP contribution in [0.1, 0.15) is 57.8 Å². The van der Waals surface area contributed by atoms with Crippen LogP contribution in [0.15, 0.2) is 0 Å². The number of amides is 1. The third kappa shape index (κ3) is 2.02. The van der Waals surface area contributed by atoms with Gasteiger partial charge in [0.25, 0.3) is 0 Å². The average Bonchev–Trinajstić information content (AvgIpc) is 3.25. The van der Waals surface area contributed by atoms with Crippen LogP contribution in [0.4, 0.5) is 0 Å². The second-order valence-electron chi connectivity index (χ2n) is 9.28. The lowest BCUT2D eigenvalue weighted by molar-refractivity contribution is -0.138. The molecule has 6 aliphatic rings. The summed E-state index contributed by atoms with van der Waals surface area (Å²) in [5, 5.41) is 9.40. The van der Waals surface area contributed by atoms with Gasteiger partial charge in [-0.3, -0.25) is 4.79 Å². The standard InChI is InChI=1S/C19H27N3O/c20-10-15-6-14-7-16(14)22(15)18(23)17(21)19-2-1-11-3-12(8-19)5-13(4-11)9-19/h11-17H,1-9,21H2/t11?,12?,13?,14?,15-,16?,17+,19?/m0/s1. The number of hydrogen-bond acceptors (Lipinski definition) is 3. The number of nitrogens with zero attached hydrogens (tertiary/aromatic N) is 2. The van der Waals surface area contributed by atoms with Crippen LogP contribution >= 0.6 is 0 Å². The molecule has 0 aromatic rings. The molecule has 0 spiro atoms. The number of likely N-dealkylation sites (tertiary alicyclic amines) is 1. The number of hydrogen-bond donors (Lipinski definition) is 1. The minimum atomic E-state index is -0.375. The molecule has 124 valence electrons. The third-order valence-corrected chi connectivity index (χ3v) is 7.87. The van der Waals surface area contributed by atoms with Crippen LogP contribution in [0.3, 0.4) is 0 Å². The topological polar surface area (TPSA) is 70.1 Å². The highest BCUT2D eigenvalue weighted by Gasteiger charge is 2.58. The summed E-state index contributed by atoms with van der Waals surface area (Å²) in [6.45, 7) is 0. The zero-order valence-corrected chi connectivity index (χ0v) is 13.8. The predicted octanol–water partition coefficient (Wildman–Crippen LogP) is 2.43. The van der Waals surface area contributed by atoms with Gasteiger partial charge in [-0.05, 0) is 86.9 Å². The Morgan fingerprint density at radius 2 is 1.83 bits per heavy atom. The van der Waals surface area contributed by atoms with Crippen molar-refractivity contribution in [2.45, 2.75) is 75.9 Å². The van der Waals surface area contributed by atoms with Crippen molar-refractivity contribution in [3.05, 3.63) is 0 Å². The van der Waals surface area contributed by atoms with E-state index in [4.69, 9.17) is 5.73 Å². The number of rotatable bonds is 2. The minimum Gasteiger partial charge on any atom is -0.322 e. The van der Waals surface area contributed by atoms with Crippen LogP contribution in [0.5, 0.6) is 0 Å². The average molecular weight is 313 g/mol. The maximum absolute atomic E-state index is 13.2. The summed E-state index contributed by atoms with van der Waals surface area (Å²) in [5.74, 6) is 3.16. The summed E-state index contributed by atoms with van der Waals surface area (Å²) < 4.78 is 0. The molecule has 5 aliphatic carbocycles. The Morgan fingerprint density at radius 1 is 1.13 bits per heavy atom. The molecule has 2 N–H and O–H groups in total. The second-order valence-corrected chi connectivity index (χ2v) is 9.28. The van der Waals surface area contributed by atoms with E-state index in [-0.39, 0.29) is 23.4 Å². The van der Waals surface area contributed by atoms with E-state index in [1.165, 1.54) is 25.7 Å². The van der Waals surface area contributed by atoms with Gasteiger partial charge in [-0.15, -0.1) is 0 Å². The smallest absolute Gasteiger partial charge is 0.241 e. The first-order valence-corrected chi connectivity index (χ1v) is 9.57. The lowest BCUT2D eigenvalue weighted by Crippen LogP contribution is -2.57. The molecular formula is C19H27N3O. The van der Waals surface area contributed by atoms with Crippen molar-refractivity contribution >= 4 is 5.91 Å². The SMILES string of the molecule is N#C[C@@H]1CC2CC2N1C(=O)[C@@H](N)C12CCC3CC(CC(C3)C1)C2. The van der Waals surface area contributed by atoms with Crippen LogP contribution in [-0.2, 0) is 4.79 Å². The lowest BCUT2D eigenvalue weighted by atomic mass is 9.59. The van der Waals surface area contributed by atoms with Crippen molar-refractivity contribution in [1.29, 1.82) is 5.26 Å². The third-order valence-electron chi connectivity index (χ3n) is 7.87. The molecule has 5 saturated carbocycles. The van der Waals surface area contributed by atoms with Crippen LogP contribution in [0.2, 0.25) is 0 Å². The number of nitriles is 1. The predicted molar refractivity (Wildman–Crippen MR) is 86.0 cm³/mol. The molecule has 6 atom stereocenters. The van der Waals surface area contributed by atoms with E-state index in [0.29, 0.717) is 12.0 Å². The van der Waals surface area contributed by atoms with Crippen molar-refractivity contribution < 1.29 is 4.79 Å². The van der Waals surface area contributed by atoms with Gasteiger partial charge in [0.1, 0.15) is 6.04 Å². The lowest BCUT2D eigenvalue weighted by Gasteiger charge is -2.48. The summed E-state index contributed by atoms with van der Waals surface area (Å²) in [6.07, 6.45) is 10.8. The Kier molecular flexibility index (Phi) is 2.93. The molecule has 0 aromatic heterocycles. The van der Waals surface area contributed by atoms with Crippen LogP contribution in [0, 0.1) is 40.4 Å². The molecule has 6 fully saturated rings. The Hall–Kier alpha value is -1.08. The van der Waals surface area contributed by atoms with Gasteiger partial charge in [0, 0.05) is 6.04 Å². The van der Waals surface area contributed by atoms with Gasteiger partial charge in [0.2, 0.25) is 5.91 Å². The van der Waals surface area contributed by atoms with Gasteiger partial charge >= 0.3 is 0 Å². The van der Waals surface area contributed by atoms with Gasteiger partial charge in [-0.1, -0.05) is 0 Å². The summed E-state index contributed by atoms with van der Waals surface area (Å²) in [7, 11) is 0. The molecule has 0 radical (unpaired) electrons. The Bertz CT molecular complexity index is 568. The number of fused-ring (bicyclic) bond motifs is 2. The van der Waals surface area contributed by atoms with Crippen molar-refractivity contribution in [3.63, 3.8) is 0 Å². The first-order valence-electron chi connectivity index (χ1n) is 9.57. The van der Waals surface area contributed by atoms with Gasteiger partial charge < -0.3 is 10.6 Å². The van der Waals surface area contributed by atoms with Crippen molar-refractivity contribution in [2.24, 2.45) is 34.8 Å². The maximum Gasteiger partial charge on any atom is 0.241 e. The molecule has 1 amide bonds. The van der Waals surface area contributed by atoms with Crippen molar-refractivity contribution in [3.8, 4) is 6.07 Å². The molecule has 4 nitrogen and oxygen atoms in total. The minimum absolute atomic E-state index is 0.0307. The molecule has 1 heterocycles. The quantitative estimate of drug-likeness (QED) is 0.851. The first kappa shape index (κ1) is 14.3. The highest BCUT2D eigenvalue weighted by Crippen LogP contribution is 2.59. The fraction of sp³-hybridized carbons (Fsp3) is 0.895. The number of piperidine rings is 1. The Morgan fingerprint density at radius 3 is 2.52 bits per heavy atom. The maximum atomic E-state index is 13.2.